The number of thioether (sulfide) groups is 1. The van der Waals surface area contributed by atoms with Crippen LogP contribution in [-0.4, -0.2) is 9.97 Å². The summed E-state index contributed by atoms with van der Waals surface area (Å²) in [6.45, 7) is 3.46. The van der Waals surface area contributed by atoms with Gasteiger partial charge < -0.3 is 0 Å². The SMILES string of the molecule is Cc1nc(-c2cc(F)c(C(F)F)cc2C)c2ccc(SCc3ccccc3)cc2n1. The van der Waals surface area contributed by atoms with E-state index < -0.39 is 17.8 Å². The monoisotopic (exact) mass is 424 g/mol. The van der Waals surface area contributed by atoms with Crippen LogP contribution in [0.2, 0.25) is 0 Å². The van der Waals surface area contributed by atoms with Crippen LogP contribution in [0.1, 0.15) is 28.9 Å². The molecule has 1 aromatic heterocycles. The largest absolute Gasteiger partial charge is 0.266 e. The molecule has 30 heavy (non-hydrogen) atoms. The summed E-state index contributed by atoms with van der Waals surface area (Å²) in [5.74, 6) is 0.452. The van der Waals surface area contributed by atoms with Crippen molar-refractivity contribution in [2.24, 2.45) is 0 Å². The van der Waals surface area contributed by atoms with Crippen LogP contribution >= 0.6 is 11.8 Å². The van der Waals surface area contributed by atoms with Crippen molar-refractivity contribution in [3.63, 3.8) is 0 Å². The van der Waals surface area contributed by atoms with E-state index in [1.165, 1.54) is 11.6 Å². The first-order chi connectivity index (χ1) is 14.4. The Labute approximate surface area is 177 Å². The van der Waals surface area contributed by atoms with Gasteiger partial charge in [0.05, 0.1) is 16.8 Å². The molecule has 0 unspecified atom stereocenters. The van der Waals surface area contributed by atoms with Crippen LogP contribution in [0.4, 0.5) is 13.2 Å². The zero-order valence-corrected chi connectivity index (χ0v) is 17.3. The third-order valence-electron chi connectivity index (χ3n) is 4.86. The van der Waals surface area contributed by atoms with E-state index in [0.717, 1.165) is 27.6 Å². The second-order valence-electron chi connectivity index (χ2n) is 7.06. The first kappa shape index (κ1) is 20.4. The molecule has 1 heterocycles. The van der Waals surface area contributed by atoms with Gasteiger partial charge in [0, 0.05) is 21.6 Å². The number of nitrogens with zero attached hydrogens (tertiary/aromatic N) is 2. The fourth-order valence-electron chi connectivity index (χ4n) is 3.39. The second-order valence-corrected chi connectivity index (χ2v) is 8.11. The number of aryl methyl sites for hydroxylation is 2. The van der Waals surface area contributed by atoms with E-state index in [2.05, 4.69) is 22.1 Å². The van der Waals surface area contributed by atoms with Gasteiger partial charge in [0.25, 0.3) is 6.43 Å². The van der Waals surface area contributed by atoms with Crippen molar-refractivity contribution in [1.82, 2.24) is 9.97 Å². The highest BCUT2D eigenvalue weighted by Crippen LogP contribution is 2.34. The van der Waals surface area contributed by atoms with E-state index in [4.69, 9.17) is 0 Å². The number of hydrogen-bond donors (Lipinski definition) is 0. The molecule has 0 N–H and O–H groups in total. The predicted octanol–water partition coefficient (Wildman–Crippen LogP) is 7.28. The molecule has 0 fully saturated rings. The molecule has 0 radical (unpaired) electrons. The van der Waals surface area contributed by atoms with Gasteiger partial charge in [-0.1, -0.05) is 30.3 Å². The van der Waals surface area contributed by atoms with Gasteiger partial charge in [0.1, 0.15) is 11.6 Å². The van der Waals surface area contributed by atoms with Crippen LogP contribution in [0.5, 0.6) is 0 Å². The number of aromatic nitrogens is 2. The molecule has 0 saturated heterocycles. The average Bonchev–Trinajstić information content (AvgIpc) is 2.73. The Morgan fingerprint density at radius 2 is 1.70 bits per heavy atom. The number of hydrogen-bond acceptors (Lipinski definition) is 3. The molecule has 0 saturated carbocycles. The van der Waals surface area contributed by atoms with Gasteiger partial charge in [-0.05, 0) is 55.3 Å². The maximum Gasteiger partial charge on any atom is 0.266 e. The fraction of sp³-hybridized carbons (Fsp3) is 0.167. The van der Waals surface area contributed by atoms with Crippen molar-refractivity contribution < 1.29 is 13.2 Å². The molecule has 0 aliphatic heterocycles. The Kier molecular flexibility index (Phi) is 5.77. The van der Waals surface area contributed by atoms with E-state index in [1.54, 1.807) is 25.6 Å². The van der Waals surface area contributed by atoms with Gasteiger partial charge in [0.15, 0.2) is 0 Å². The smallest absolute Gasteiger partial charge is 0.233 e. The first-order valence-corrected chi connectivity index (χ1v) is 10.4. The highest BCUT2D eigenvalue weighted by Gasteiger charge is 2.18. The standard InChI is InChI=1S/C24H19F3N2S/c1-14-10-20(24(26)27)21(25)12-19(14)23-18-9-8-17(11-22(18)28-15(2)29-23)30-13-16-6-4-3-5-7-16/h3-12,24H,13H2,1-2H3. The van der Waals surface area contributed by atoms with Crippen molar-refractivity contribution in [2.45, 2.75) is 30.9 Å². The minimum absolute atomic E-state index is 0.497. The van der Waals surface area contributed by atoms with Crippen molar-refractivity contribution in [3.8, 4) is 11.3 Å². The lowest BCUT2D eigenvalue weighted by Gasteiger charge is -2.13. The quantitative estimate of drug-likeness (QED) is 0.315. The number of rotatable bonds is 5. The van der Waals surface area contributed by atoms with Gasteiger partial charge in [-0.15, -0.1) is 11.8 Å². The summed E-state index contributed by atoms with van der Waals surface area (Å²) in [5, 5.41) is 0.761. The summed E-state index contributed by atoms with van der Waals surface area (Å²) in [6.07, 6.45) is -2.86. The molecule has 4 aromatic rings. The van der Waals surface area contributed by atoms with Gasteiger partial charge in [-0.3, -0.25) is 0 Å². The van der Waals surface area contributed by atoms with Gasteiger partial charge in [0.2, 0.25) is 0 Å². The predicted molar refractivity (Wildman–Crippen MR) is 115 cm³/mol. The Morgan fingerprint density at radius 3 is 2.43 bits per heavy atom. The molecule has 152 valence electrons. The molecule has 0 atom stereocenters. The highest BCUT2D eigenvalue weighted by atomic mass is 32.2. The van der Waals surface area contributed by atoms with Gasteiger partial charge >= 0.3 is 0 Å². The molecular formula is C24H19F3N2S. The summed E-state index contributed by atoms with van der Waals surface area (Å²) < 4.78 is 40.3. The minimum Gasteiger partial charge on any atom is -0.233 e. The second kappa shape index (κ2) is 8.48. The molecule has 2 nitrogen and oxygen atoms in total. The van der Waals surface area contributed by atoms with E-state index in [1.807, 2.05) is 36.4 Å². The van der Waals surface area contributed by atoms with Crippen molar-refractivity contribution in [2.75, 3.05) is 0 Å². The number of benzene rings is 3. The third kappa shape index (κ3) is 4.19. The molecule has 0 bridgehead atoms. The summed E-state index contributed by atoms with van der Waals surface area (Å²) in [5.41, 5.74) is 2.98. The van der Waals surface area contributed by atoms with Gasteiger partial charge in [-0.25, -0.2) is 23.1 Å². The fourth-order valence-corrected chi connectivity index (χ4v) is 4.27. The van der Waals surface area contributed by atoms with Gasteiger partial charge in [-0.2, -0.15) is 0 Å². The third-order valence-corrected chi connectivity index (χ3v) is 5.93. The van der Waals surface area contributed by atoms with Crippen molar-refractivity contribution in [1.29, 1.82) is 0 Å². The Bertz CT molecular complexity index is 1210. The number of fused-ring (bicyclic) bond motifs is 1. The molecular weight excluding hydrogens is 405 g/mol. The maximum atomic E-state index is 14.3. The molecule has 0 spiro atoms. The molecule has 3 aromatic carbocycles. The van der Waals surface area contributed by atoms with E-state index in [0.29, 0.717) is 22.6 Å². The highest BCUT2D eigenvalue weighted by molar-refractivity contribution is 7.98. The minimum atomic E-state index is -2.86. The summed E-state index contributed by atoms with van der Waals surface area (Å²) in [6, 6.07) is 18.4. The topological polar surface area (TPSA) is 25.8 Å². The molecule has 6 heteroatoms. The van der Waals surface area contributed by atoms with E-state index in [-0.39, 0.29) is 0 Å². The van der Waals surface area contributed by atoms with Crippen LogP contribution in [0.3, 0.4) is 0 Å². The van der Waals surface area contributed by atoms with Crippen LogP contribution < -0.4 is 0 Å². The Morgan fingerprint density at radius 1 is 0.933 bits per heavy atom. The Balaban J connectivity index is 1.74. The van der Waals surface area contributed by atoms with E-state index in [9.17, 15) is 13.2 Å². The van der Waals surface area contributed by atoms with Crippen molar-refractivity contribution in [3.05, 3.63) is 89.0 Å². The Hall–Kier alpha value is -2.86. The van der Waals surface area contributed by atoms with Crippen LogP contribution in [0, 0.1) is 19.7 Å². The van der Waals surface area contributed by atoms with Crippen LogP contribution in [0.25, 0.3) is 22.2 Å². The molecule has 0 amide bonds. The molecule has 4 rings (SSSR count). The van der Waals surface area contributed by atoms with Crippen LogP contribution in [0.15, 0.2) is 65.6 Å². The molecule has 0 aliphatic rings. The molecule has 0 aliphatic carbocycles. The number of alkyl halides is 2. The zero-order chi connectivity index (χ0) is 21.3. The number of halogens is 3. The normalized spacial score (nSPS) is 11.4. The lowest BCUT2D eigenvalue weighted by molar-refractivity contribution is 0.146. The lowest BCUT2D eigenvalue weighted by atomic mass is 9.99. The summed E-state index contributed by atoms with van der Waals surface area (Å²) in [7, 11) is 0. The maximum absolute atomic E-state index is 14.3. The van der Waals surface area contributed by atoms with Crippen molar-refractivity contribution >= 4 is 22.7 Å². The van der Waals surface area contributed by atoms with E-state index >= 15 is 0 Å². The lowest BCUT2D eigenvalue weighted by Crippen LogP contribution is -1.99. The zero-order valence-electron chi connectivity index (χ0n) is 16.5. The average molecular weight is 424 g/mol. The summed E-state index contributed by atoms with van der Waals surface area (Å²) in [4.78, 5) is 10.1. The first-order valence-electron chi connectivity index (χ1n) is 9.46. The summed E-state index contributed by atoms with van der Waals surface area (Å²) >= 11 is 1.70. The van der Waals surface area contributed by atoms with Crippen LogP contribution in [-0.2, 0) is 5.75 Å².